The smallest absolute Gasteiger partial charge is 0.252 e. The number of likely N-dealkylation sites (N-methyl/N-ethyl adjacent to an activating group) is 1. The van der Waals surface area contributed by atoms with Gasteiger partial charge in [0.1, 0.15) is 0 Å². The van der Waals surface area contributed by atoms with E-state index in [1.54, 1.807) is 12.3 Å². The van der Waals surface area contributed by atoms with Crippen LogP contribution in [0.4, 0.5) is 0 Å². The van der Waals surface area contributed by atoms with Gasteiger partial charge in [0.2, 0.25) is 0 Å². The Kier molecular flexibility index (Phi) is 5.59. The number of pyridine rings is 1. The van der Waals surface area contributed by atoms with E-state index in [4.69, 9.17) is 11.6 Å². The van der Waals surface area contributed by atoms with Gasteiger partial charge in [0.15, 0.2) is 0 Å². The summed E-state index contributed by atoms with van der Waals surface area (Å²) in [5.74, 6) is -0.114. The van der Waals surface area contributed by atoms with E-state index in [1.807, 2.05) is 0 Å². The third-order valence-corrected chi connectivity index (χ3v) is 4.96. The van der Waals surface area contributed by atoms with Crippen molar-refractivity contribution in [3.63, 3.8) is 0 Å². The number of halogens is 1. The van der Waals surface area contributed by atoms with Crippen LogP contribution >= 0.6 is 11.6 Å². The molecule has 4 nitrogen and oxygen atoms in total. The molecule has 0 aliphatic heterocycles. The lowest BCUT2D eigenvalue weighted by Crippen LogP contribution is -2.55. The number of amides is 1. The average molecular weight is 310 g/mol. The van der Waals surface area contributed by atoms with Crippen molar-refractivity contribution in [3.8, 4) is 0 Å². The average Bonchev–Trinajstić information content (AvgIpc) is 2.53. The number of nitrogens with zero attached hydrogens (tertiary/aromatic N) is 2. The second kappa shape index (κ2) is 7.23. The number of nitrogens with one attached hydrogen (secondary N) is 1. The van der Waals surface area contributed by atoms with Crippen molar-refractivity contribution in [1.82, 2.24) is 15.2 Å². The minimum absolute atomic E-state index is 0.0855. The van der Waals surface area contributed by atoms with Crippen molar-refractivity contribution in [2.45, 2.75) is 44.6 Å². The zero-order valence-corrected chi connectivity index (χ0v) is 13.6. The Morgan fingerprint density at radius 2 is 2.14 bits per heavy atom. The monoisotopic (exact) mass is 309 g/mol. The number of hydrogen-bond donors (Lipinski definition) is 1. The van der Waals surface area contributed by atoms with Crippen molar-refractivity contribution in [2.75, 3.05) is 20.1 Å². The molecule has 0 saturated heterocycles. The SMILES string of the molecule is CCN(C)C1(CNC(=O)c2ccncc2Cl)CCCCC1. The summed E-state index contributed by atoms with van der Waals surface area (Å²) in [5, 5.41) is 3.47. The number of carbonyl (C=O) groups excluding carboxylic acids is 1. The molecule has 1 aliphatic rings. The highest BCUT2D eigenvalue weighted by atomic mass is 35.5. The van der Waals surface area contributed by atoms with E-state index < -0.39 is 0 Å². The summed E-state index contributed by atoms with van der Waals surface area (Å²) in [6, 6.07) is 1.66. The maximum atomic E-state index is 12.3. The molecular weight excluding hydrogens is 286 g/mol. The minimum atomic E-state index is -0.114. The third-order valence-electron chi connectivity index (χ3n) is 4.66. The summed E-state index contributed by atoms with van der Waals surface area (Å²) in [7, 11) is 2.15. The molecule has 5 heteroatoms. The minimum Gasteiger partial charge on any atom is -0.350 e. The van der Waals surface area contributed by atoms with Crippen LogP contribution in [0.15, 0.2) is 18.5 Å². The van der Waals surface area contributed by atoms with Gasteiger partial charge < -0.3 is 5.32 Å². The predicted molar refractivity (Wildman–Crippen MR) is 85.7 cm³/mol. The van der Waals surface area contributed by atoms with Crippen LogP contribution < -0.4 is 5.32 Å². The van der Waals surface area contributed by atoms with Crippen LogP contribution in [0.3, 0.4) is 0 Å². The quantitative estimate of drug-likeness (QED) is 0.909. The van der Waals surface area contributed by atoms with Crippen LogP contribution in [0.25, 0.3) is 0 Å². The molecule has 1 heterocycles. The van der Waals surface area contributed by atoms with Crippen LogP contribution in [-0.2, 0) is 0 Å². The Labute approximate surface area is 131 Å². The molecule has 1 aromatic heterocycles. The van der Waals surface area contributed by atoms with Crippen LogP contribution in [0, 0.1) is 0 Å². The van der Waals surface area contributed by atoms with E-state index in [2.05, 4.69) is 29.2 Å². The predicted octanol–water partition coefficient (Wildman–Crippen LogP) is 3.12. The highest BCUT2D eigenvalue weighted by molar-refractivity contribution is 6.33. The molecule has 1 aromatic rings. The first-order valence-electron chi connectivity index (χ1n) is 7.68. The van der Waals surface area contributed by atoms with Gasteiger partial charge in [-0.3, -0.25) is 14.7 Å². The normalized spacial score (nSPS) is 17.7. The summed E-state index contributed by atoms with van der Waals surface area (Å²) in [6.45, 7) is 3.83. The van der Waals surface area contributed by atoms with Crippen molar-refractivity contribution < 1.29 is 4.79 Å². The molecule has 0 radical (unpaired) electrons. The molecule has 2 rings (SSSR count). The number of rotatable bonds is 5. The van der Waals surface area contributed by atoms with Gasteiger partial charge in [-0.25, -0.2) is 0 Å². The topological polar surface area (TPSA) is 45.2 Å². The molecule has 1 fully saturated rings. The Balaban J connectivity index is 2.05. The van der Waals surface area contributed by atoms with E-state index in [0.29, 0.717) is 17.1 Å². The highest BCUT2D eigenvalue weighted by Crippen LogP contribution is 2.32. The largest absolute Gasteiger partial charge is 0.350 e. The number of aromatic nitrogens is 1. The molecular formula is C16H24ClN3O. The lowest BCUT2D eigenvalue weighted by Gasteiger charge is -2.44. The fourth-order valence-electron chi connectivity index (χ4n) is 3.14. The fourth-order valence-corrected chi connectivity index (χ4v) is 3.34. The van der Waals surface area contributed by atoms with Gasteiger partial charge in [0.05, 0.1) is 10.6 Å². The molecule has 0 unspecified atom stereocenters. The molecule has 0 bridgehead atoms. The number of carbonyl (C=O) groups is 1. The van der Waals surface area contributed by atoms with Crippen molar-refractivity contribution in [2.24, 2.45) is 0 Å². The summed E-state index contributed by atoms with van der Waals surface area (Å²) in [5.41, 5.74) is 0.582. The molecule has 0 spiro atoms. The fraction of sp³-hybridized carbons (Fsp3) is 0.625. The number of hydrogen-bond acceptors (Lipinski definition) is 3. The van der Waals surface area contributed by atoms with Crippen LogP contribution in [0.5, 0.6) is 0 Å². The van der Waals surface area contributed by atoms with E-state index in [0.717, 1.165) is 19.4 Å². The summed E-state index contributed by atoms with van der Waals surface area (Å²) in [6.07, 6.45) is 9.14. The van der Waals surface area contributed by atoms with E-state index >= 15 is 0 Å². The Bertz CT molecular complexity index is 486. The summed E-state index contributed by atoms with van der Waals surface area (Å²) in [4.78, 5) is 18.6. The second-order valence-electron chi connectivity index (χ2n) is 5.84. The lowest BCUT2D eigenvalue weighted by molar-refractivity contribution is 0.0699. The Morgan fingerprint density at radius 1 is 1.43 bits per heavy atom. The van der Waals surface area contributed by atoms with Gasteiger partial charge in [0.25, 0.3) is 5.91 Å². The zero-order valence-electron chi connectivity index (χ0n) is 12.9. The van der Waals surface area contributed by atoms with Gasteiger partial charge >= 0.3 is 0 Å². The maximum Gasteiger partial charge on any atom is 0.252 e. The third kappa shape index (κ3) is 3.74. The Hall–Kier alpha value is -1.13. The zero-order chi connectivity index (χ0) is 15.3. The standard InChI is InChI=1S/C16H24ClN3O/c1-3-20(2)16(8-5-4-6-9-16)12-19-15(21)13-7-10-18-11-14(13)17/h7,10-11H,3-6,8-9,12H2,1-2H3,(H,19,21). The van der Waals surface area contributed by atoms with Crippen LogP contribution in [-0.4, -0.2) is 41.5 Å². The molecule has 0 atom stereocenters. The molecule has 1 N–H and O–H groups in total. The Morgan fingerprint density at radius 3 is 2.76 bits per heavy atom. The molecule has 21 heavy (non-hydrogen) atoms. The van der Waals surface area contributed by atoms with Crippen molar-refractivity contribution in [1.29, 1.82) is 0 Å². The molecule has 0 aromatic carbocycles. The van der Waals surface area contributed by atoms with E-state index in [-0.39, 0.29) is 11.4 Å². The van der Waals surface area contributed by atoms with E-state index in [9.17, 15) is 4.79 Å². The molecule has 1 aliphatic carbocycles. The van der Waals surface area contributed by atoms with Gasteiger partial charge in [-0.2, -0.15) is 0 Å². The molecule has 1 saturated carbocycles. The van der Waals surface area contributed by atoms with E-state index in [1.165, 1.54) is 25.5 Å². The lowest BCUT2D eigenvalue weighted by atomic mass is 9.80. The van der Waals surface area contributed by atoms with Crippen molar-refractivity contribution >= 4 is 17.5 Å². The maximum absolute atomic E-state index is 12.3. The summed E-state index contributed by atoms with van der Waals surface area (Å²) < 4.78 is 0. The molecule has 1 amide bonds. The highest BCUT2D eigenvalue weighted by Gasteiger charge is 2.35. The van der Waals surface area contributed by atoms with Gasteiger partial charge in [-0.1, -0.05) is 37.8 Å². The van der Waals surface area contributed by atoms with Gasteiger partial charge in [-0.15, -0.1) is 0 Å². The van der Waals surface area contributed by atoms with Crippen molar-refractivity contribution in [3.05, 3.63) is 29.0 Å². The first-order valence-corrected chi connectivity index (χ1v) is 8.06. The van der Waals surface area contributed by atoms with Crippen LogP contribution in [0.2, 0.25) is 5.02 Å². The summed E-state index contributed by atoms with van der Waals surface area (Å²) >= 11 is 6.03. The van der Waals surface area contributed by atoms with Crippen LogP contribution in [0.1, 0.15) is 49.4 Å². The van der Waals surface area contributed by atoms with Gasteiger partial charge in [0, 0.05) is 24.5 Å². The first kappa shape index (κ1) is 16.2. The van der Waals surface area contributed by atoms with Gasteiger partial charge in [-0.05, 0) is 32.5 Å². The molecule has 116 valence electrons. The first-order chi connectivity index (χ1) is 10.1. The second-order valence-corrected chi connectivity index (χ2v) is 6.24.